The van der Waals surface area contributed by atoms with Crippen LogP contribution >= 0.6 is 0 Å². The van der Waals surface area contributed by atoms with Crippen molar-refractivity contribution in [1.82, 2.24) is 0 Å². The lowest BCUT2D eigenvalue weighted by atomic mass is 10.1. The second-order valence-electron chi connectivity index (χ2n) is 6.48. The molecule has 0 amide bonds. The molecule has 5 heteroatoms. The molecule has 0 bridgehead atoms. The maximum absolute atomic E-state index is 12.1. The third kappa shape index (κ3) is 9.44. The Bertz CT molecular complexity index is 524. The molecule has 1 aromatic rings. The van der Waals surface area contributed by atoms with Crippen LogP contribution in [0.4, 0.5) is 0 Å². The maximum atomic E-state index is 12.1. The summed E-state index contributed by atoms with van der Waals surface area (Å²) in [5, 5.41) is 8.81. The first-order valence-corrected chi connectivity index (χ1v) is 9.70. The molecule has 1 rings (SSSR count). The summed E-state index contributed by atoms with van der Waals surface area (Å²) < 4.78 is 10.9. The second-order valence-corrected chi connectivity index (χ2v) is 6.48. The van der Waals surface area contributed by atoms with Crippen LogP contribution in [0.25, 0.3) is 0 Å². The maximum Gasteiger partial charge on any atom is 0.347 e. The van der Waals surface area contributed by atoms with E-state index in [1.165, 1.54) is 32.1 Å². The van der Waals surface area contributed by atoms with E-state index in [2.05, 4.69) is 6.92 Å². The number of hydrogen-bond acceptors (Lipinski definition) is 4. The van der Waals surface area contributed by atoms with E-state index in [4.69, 9.17) is 14.6 Å². The number of hydrogen-bond donors (Lipinski definition) is 1. The summed E-state index contributed by atoms with van der Waals surface area (Å²) in [7, 11) is 0. The van der Waals surface area contributed by atoms with Crippen LogP contribution in [0.15, 0.2) is 24.3 Å². The first kappa shape index (κ1) is 22.0. The molecule has 1 atom stereocenters. The van der Waals surface area contributed by atoms with E-state index < -0.39 is 12.1 Å². The lowest BCUT2D eigenvalue weighted by molar-refractivity contribution is -0.151. The number of esters is 1. The Balaban J connectivity index is 2.49. The molecule has 0 heterocycles. The van der Waals surface area contributed by atoms with Crippen molar-refractivity contribution in [3.8, 4) is 5.75 Å². The molecule has 0 aliphatic carbocycles. The molecule has 26 heavy (non-hydrogen) atoms. The molecule has 5 nitrogen and oxygen atoms in total. The summed E-state index contributed by atoms with van der Waals surface area (Å²) in [6, 6.07) is 6.82. The molecule has 0 saturated heterocycles. The van der Waals surface area contributed by atoms with Gasteiger partial charge in [-0.15, -0.1) is 0 Å². The van der Waals surface area contributed by atoms with E-state index in [9.17, 15) is 9.59 Å². The molecule has 146 valence electrons. The van der Waals surface area contributed by atoms with Gasteiger partial charge in [0.25, 0.3) is 0 Å². The van der Waals surface area contributed by atoms with Crippen molar-refractivity contribution in [2.24, 2.45) is 0 Å². The van der Waals surface area contributed by atoms with E-state index in [0.717, 1.165) is 12.8 Å². The third-order valence-corrected chi connectivity index (χ3v) is 4.18. The van der Waals surface area contributed by atoms with Crippen LogP contribution in [-0.2, 0) is 20.7 Å². The minimum absolute atomic E-state index is 0.0282. The van der Waals surface area contributed by atoms with Gasteiger partial charge in [0.1, 0.15) is 5.75 Å². The monoisotopic (exact) mass is 364 g/mol. The topological polar surface area (TPSA) is 72.8 Å². The van der Waals surface area contributed by atoms with Crippen LogP contribution in [0.1, 0.15) is 70.8 Å². The molecule has 1 aromatic carbocycles. The van der Waals surface area contributed by atoms with Crippen molar-refractivity contribution < 1.29 is 24.2 Å². The van der Waals surface area contributed by atoms with Gasteiger partial charge in [-0.2, -0.15) is 0 Å². The average Bonchev–Trinajstić information content (AvgIpc) is 2.61. The fourth-order valence-corrected chi connectivity index (χ4v) is 2.77. The Hall–Kier alpha value is -2.04. The highest BCUT2D eigenvalue weighted by molar-refractivity contribution is 5.75. The third-order valence-electron chi connectivity index (χ3n) is 4.18. The summed E-state index contributed by atoms with van der Waals surface area (Å²) in [5.74, 6) is -0.657. The van der Waals surface area contributed by atoms with Crippen molar-refractivity contribution in [3.63, 3.8) is 0 Å². The second kappa shape index (κ2) is 13.2. The number of ether oxygens (including phenoxy) is 2. The molecule has 0 spiro atoms. The van der Waals surface area contributed by atoms with Gasteiger partial charge in [-0.3, -0.25) is 4.79 Å². The fourth-order valence-electron chi connectivity index (χ4n) is 2.77. The van der Waals surface area contributed by atoms with E-state index >= 15 is 0 Å². The summed E-state index contributed by atoms with van der Waals surface area (Å²) in [6.45, 7) is 4.31. The number of benzene rings is 1. The summed E-state index contributed by atoms with van der Waals surface area (Å²) in [6.07, 6.45) is 8.21. The van der Waals surface area contributed by atoms with Gasteiger partial charge in [0, 0.05) is 0 Å². The van der Waals surface area contributed by atoms with Gasteiger partial charge in [0.05, 0.1) is 13.0 Å². The number of unbranched alkanes of at least 4 members (excludes halogenated alkanes) is 6. The van der Waals surface area contributed by atoms with Crippen LogP contribution in [0.3, 0.4) is 0 Å². The highest BCUT2D eigenvalue weighted by Gasteiger charge is 2.21. The number of aliphatic carboxylic acids is 1. The summed E-state index contributed by atoms with van der Waals surface area (Å²) >= 11 is 0. The zero-order valence-electron chi connectivity index (χ0n) is 16.0. The van der Waals surface area contributed by atoms with Gasteiger partial charge in [0.15, 0.2) is 6.10 Å². The molecule has 0 aromatic heterocycles. The Morgan fingerprint density at radius 2 is 1.58 bits per heavy atom. The van der Waals surface area contributed by atoms with Crippen LogP contribution in [0.5, 0.6) is 5.75 Å². The van der Waals surface area contributed by atoms with Gasteiger partial charge in [-0.1, -0.05) is 57.6 Å². The van der Waals surface area contributed by atoms with Gasteiger partial charge >= 0.3 is 11.9 Å². The van der Waals surface area contributed by atoms with Gasteiger partial charge < -0.3 is 14.6 Å². The Morgan fingerprint density at radius 3 is 2.15 bits per heavy atom. The van der Waals surface area contributed by atoms with Crippen molar-refractivity contribution >= 4 is 11.9 Å². The largest absolute Gasteiger partial charge is 0.481 e. The normalized spacial score (nSPS) is 11.8. The van der Waals surface area contributed by atoms with Crippen molar-refractivity contribution in [2.75, 3.05) is 6.61 Å². The van der Waals surface area contributed by atoms with Gasteiger partial charge in [0.2, 0.25) is 0 Å². The quantitative estimate of drug-likeness (QED) is 0.380. The Kier molecular flexibility index (Phi) is 11.2. The van der Waals surface area contributed by atoms with E-state index in [1.54, 1.807) is 31.2 Å². The first-order valence-electron chi connectivity index (χ1n) is 9.70. The van der Waals surface area contributed by atoms with Crippen molar-refractivity contribution in [3.05, 3.63) is 29.8 Å². The van der Waals surface area contributed by atoms with Crippen molar-refractivity contribution in [1.29, 1.82) is 0 Å². The molecule has 1 N–H and O–H groups in total. The highest BCUT2D eigenvalue weighted by Crippen LogP contribution is 2.18. The zero-order valence-corrected chi connectivity index (χ0v) is 16.0. The average molecular weight is 364 g/mol. The number of carbonyl (C=O) groups excluding carboxylic acids is 1. The molecule has 0 fully saturated rings. The molecule has 0 aliphatic heterocycles. The number of rotatable bonds is 14. The predicted octanol–water partition coefficient (Wildman–Crippen LogP) is 4.76. The van der Waals surface area contributed by atoms with Gasteiger partial charge in [-0.25, -0.2) is 4.79 Å². The summed E-state index contributed by atoms with van der Waals surface area (Å²) in [5.41, 5.74) is 0.699. The zero-order chi connectivity index (χ0) is 19.2. The molecular weight excluding hydrogens is 332 g/mol. The first-order chi connectivity index (χ1) is 12.6. The van der Waals surface area contributed by atoms with Gasteiger partial charge in [-0.05, 0) is 37.5 Å². The minimum Gasteiger partial charge on any atom is -0.481 e. The molecule has 1 unspecified atom stereocenters. The molecule has 0 radical (unpaired) electrons. The van der Waals surface area contributed by atoms with Crippen LogP contribution in [0, 0.1) is 0 Å². The number of carbonyl (C=O) groups is 2. The Labute approximate surface area is 156 Å². The molecule has 0 aliphatic rings. The fraction of sp³-hybridized carbons (Fsp3) is 0.619. The highest BCUT2D eigenvalue weighted by atomic mass is 16.6. The van der Waals surface area contributed by atoms with Crippen LogP contribution < -0.4 is 4.74 Å². The lowest BCUT2D eigenvalue weighted by Gasteiger charge is -2.18. The van der Waals surface area contributed by atoms with Crippen molar-refractivity contribution in [2.45, 2.75) is 77.7 Å². The van der Waals surface area contributed by atoms with Crippen LogP contribution in [-0.4, -0.2) is 29.8 Å². The minimum atomic E-state index is -0.873. The van der Waals surface area contributed by atoms with E-state index in [-0.39, 0.29) is 12.4 Å². The standard InChI is InChI=1S/C21H32O5/c1-3-5-6-7-8-9-10-11-19(21(24)25-4-2)26-18-14-12-17(13-15-18)16-20(22)23/h12-15,19H,3-11,16H2,1-2H3,(H,22,23). The van der Waals surface area contributed by atoms with E-state index in [0.29, 0.717) is 24.3 Å². The molecule has 0 saturated carbocycles. The summed E-state index contributed by atoms with van der Waals surface area (Å²) in [4.78, 5) is 22.9. The SMILES string of the molecule is CCCCCCCCCC(Oc1ccc(CC(=O)O)cc1)C(=O)OCC. The lowest BCUT2D eigenvalue weighted by Crippen LogP contribution is -2.29. The smallest absolute Gasteiger partial charge is 0.347 e. The predicted molar refractivity (Wildman–Crippen MR) is 101 cm³/mol. The number of carboxylic acids is 1. The van der Waals surface area contributed by atoms with E-state index in [1.807, 2.05) is 0 Å². The molecular formula is C21H32O5. The number of carboxylic acid groups (broad SMARTS) is 1. The van der Waals surface area contributed by atoms with Crippen LogP contribution in [0.2, 0.25) is 0 Å². The Morgan fingerprint density at radius 1 is 0.962 bits per heavy atom.